The number of rotatable bonds is 3. The lowest BCUT2D eigenvalue weighted by molar-refractivity contribution is -0.389. The molecular formula is C13H14N4O3. The van der Waals surface area contributed by atoms with Crippen LogP contribution >= 0.6 is 0 Å². The first-order chi connectivity index (χ1) is 9.63. The number of hydrogen-bond acceptors (Lipinski definition) is 5. The van der Waals surface area contributed by atoms with Gasteiger partial charge in [0.1, 0.15) is 12.3 Å². The number of nitrogens with zero attached hydrogens (tertiary/aromatic N) is 3. The van der Waals surface area contributed by atoms with E-state index >= 15 is 0 Å². The van der Waals surface area contributed by atoms with Crippen LogP contribution in [-0.4, -0.2) is 26.6 Å². The van der Waals surface area contributed by atoms with E-state index in [9.17, 15) is 10.1 Å². The fourth-order valence-corrected chi connectivity index (χ4v) is 2.31. The first kappa shape index (κ1) is 12.6. The zero-order valence-electron chi connectivity index (χ0n) is 10.7. The number of hydrogen-bond donors (Lipinski definition) is 1. The van der Waals surface area contributed by atoms with E-state index in [1.165, 1.54) is 6.20 Å². The van der Waals surface area contributed by atoms with E-state index in [2.05, 4.69) is 4.98 Å². The minimum Gasteiger partial charge on any atom is -0.440 e. The van der Waals surface area contributed by atoms with Crippen molar-refractivity contribution >= 4 is 5.82 Å². The summed E-state index contributed by atoms with van der Waals surface area (Å²) >= 11 is 0. The largest absolute Gasteiger partial charge is 0.440 e. The average Bonchev–Trinajstić information content (AvgIpc) is 2.83. The van der Waals surface area contributed by atoms with Gasteiger partial charge in [0.2, 0.25) is 0 Å². The molecule has 3 rings (SSSR count). The molecule has 0 spiro atoms. The number of ether oxygens (including phenoxy) is 1. The number of nitrogens with two attached hydrogens (primary N) is 1. The lowest BCUT2D eigenvalue weighted by Crippen LogP contribution is -2.47. The molecule has 1 aliphatic rings. The Labute approximate surface area is 115 Å². The van der Waals surface area contributed by atoms with Crippen molar-refractivity contribution in [3.8, 4) is 6.01 Å². The molecule has 0 saturated heterocycles. The summed E-state index contributed by atoms with van der Waals surface area (Å²) in [6.07, 6.45) is 1.78. The molecular weight excluding hydrogens is 260 g/mol. The van der Waals surface area contributed by atoms with Crippen molar-refractivity contribution in [1.82, 2.24) is 9.55 Å². The zero-order chi connectivity index (χ0) is 14.1. The fraction of sp³-hybridized carbons (Fsp3) is 0.308. The van der Waals surface area contributed by atoms with E-state index in [4.69, 9.17) is 10.5 Å². The highest BCUT2D eigenvalue weighted by molar-refractivity contribution is 5.23. The monoisotopic (exact) mass is 274 g/mol. The molecule has 0 unspecified atom stereocenters. The van der Waals surface area contributed by atoms with Gasteiger partial charge in [-0.05, 0) is 10.5 Å². The van der Waals surface area contributed by atoms with Crippen LogP contribution in [0.25, 0.3) is 0 Å². The van der Waals surface area contributed by atoms with Gasteiger partial charge in [-0.3, -0.25) is 4.57 Å². The summed E-state index contributed by atoms with van der Waals surface area (Å²) < 4.78 is 7.29. The summed E-state index contributed by atoms with van der Waals surface area (Å²) in [4.78, 5) is 14.0. The minimum absolute atomic E-state index is 0.215. The molecule has 7 nitrogen and oxygen atoms in total. The quantitative estimate of drug-likeness (QED) is 0.668. The maximum Gasteiger partial charge on any atom is 0.414 e. The molecule has 7 heteroatoms. The van der Waals surface area contributed by atoms with Crippen LogP contribution in [0.4, 0.5) is 5.82 Å². The summed E-state index contributed by atoms with van der Waals surface area (Å²) in [7, 11) is 0. The van der Waals surface area contributed by atoms with Crippen LogP contribution in [0.2, 0.25) is 0 Å². The van der Waals surface area contributed by atoms with Crippen LogP contribution in [-0.2, 0) is 13.0 Å². The van der Waals surface area contributed by atoms with Crippen LogP contribution in [0.1, 0.15) is 5.56 Å². The van der Waals surface area contributed by atoms with Crippen LogP contribution < -0.4 is 10.5 Å². The van der Waals surface area contributed by atoms with Crippen molar-refractivity contribution in [1.29, 1.82) is 0 Å². The third-order valence-electron chi connectivity index (χ3n) is 3.34. The predicted molar refractivity (Wildman–Crippen MR) is 71.4 cm³/mol. The van der Waals surface area contributed by atoms with Crippen LogP contribution in [0.15, 0.2) is 36.5 Å². The van der Waals surface area contributed by atoms with Gasteiger partial charge in [-0.15, -0.1) is 0 Å². The molecule has 0 amide bonds. The average molecular weight is 274 g/mol. The van der Waals surface area contributed by atoms with Gasteiger partial charge in [0.05, 0.1) is 6.04 Å². The van der Waals surface area contributed by atoms with E-state index in [1.807, 2.05) is 30.3 Å². The molecule has 1 aliphatic heterocycles. The van der Waals surface area contributed by atoms with Gasteiger partial charge in [-0.1, -0.05) is 30.3 Å². The molecule has 2 atom stereocenters. The first-order valence-corrected chi connectivity index (χ1v) is 6.31. The van der Waals surface area contributed by atoms with E-state index in [1.54, 1.807) is 4.57 Å². The van der Waals surface area contributed by atoms with Crippen molar-refractivity contribution < 1.29 is 9.66 Å². The van der Waals surface area contributed by atoms with E-state index < -0.39 is 4.92 Å². The van der Waals surface area contributed by atoms with Gasteiger partial charge < -0.3 is 20.6 Å². The smallest absolute Gasteiger partial charge is 0.414 e. The van der Waals surface area contributed by atoms with Gasteiger partial charge in [0.25, 0.3) is 0 Å². The van der Waals surface area contributed by atoms with Crippen LogP contribution in [0.3, 0.4) is 0 Å². The van der Waals surface area contributed by atoms with Gasteiger partial charge >= 0.3 is 11.8 Å². The number of imidazole rings is 1. The molecule has 0 radical (unpaired) electrons. The van der Waals surface area contributed by atoms with Crippen molar-refractivity contribution in [2.45, 2.75) is 25.1 Å². The molecule has 0 fully saturated rings. The molecule has 2 N–H and O–H groups in total. The fourth-order valence-electron chi connectivity index (χ4n) is 2.31. The van der Waals surface area contributed by atoms with Gasteiger partial charge in [0.15, 0.2) is 0 Å². The Balaban J connectivity index is 1.80. The summed E-state index contributed by atoms with van der Waals surface area (Å²) in [6, 6.07) is 9.89. The van der Waals surface area contributed by atoms with Crippen molar-refractivity contribution in [3.63, 3.8) is 0 Å². The Hall–Kier alpha value is -2.41. The Kier molecular flexibility index (Phi) is 3.11. The van der Waals surface area contributed by atoms with E-state index in [0.29, 0.717) is 13.0 Å². The highest BCUT2D eigenvalue weighted by atomic mass is 16.6. The maximum atomic E-state index is 10.7. The van der Waals surface area contributed by atoms with Crippen molar-refractivity contribution in [2.24, 2.45) is 5.73 Å². The Morgan fingerprint density at radius 2 is 2.20 bits per heavy atom. The summed E-state index contributed by atoms with van der Waals surface area (Å²) in [5.74, 6) is -0.215. The Morgan fingerprint density at radius 1 is 1.45 bits per heavy atom. The standard InChI is InChI=1S/C13H14N4O3/c14-10-7-16-8-12(17(18)19)15-13(16)20-11(10)6-9-4-2-1-3-5-9/h1-5,8,10-11H,6-7,14H2/t10-,11+/m0/s1. The highest BCUT2D eigenvalue weighted by Gasteiger charge is 2.33. The van der Waals surface area contributed by atoms with Gasteiger partial charge in [-0.25, -0.2) is 0 Å². The molecule has 0 bridgehead atoms. The first-order valence-electron chi connectivity index (χ1n) is 6.31. The number of aromatic nitrogens is 2. The Morgan fingerprint density at radius 3 is 2.90 bits per heavy atom. The molecule has 0 aliphatic carbocycles. The third kappa shape index (κ3) is 2.35. The molecule has 104 valence electrons. The molecule has 20 heavy (non-hydrogen) atoms. The normalized spacial score (nSPS) is 21.1. The Bertz CT molecular complexity index is 626. The van der Waals surface area contributed by atoms with Crippen molar-refractivity contribution in [2.75, 3.05) is 0 Å². The third-order valence-corrected chi connectivity index (χ3v) is 3.34. The topological polar surface area (TPSA) is 96.2 Å². The molecule has 2 heterocycles. The zero-order valence-corrected chi connectivity index (χ0v) is 10.7. The number of nitro groups is 1. The second-order valence-electron chi connectivity index (χ2n) is 4.80. The molecule has 2 aromatic rings. The lowest BCUT2D eigenvalue weighted by Gasteiger charge is -2.28. The van der Waals surface area contributed by atoms with E-state index in [0.717, 1.165) is 5.56 Å². The van der Waals surface area contributed by atoms with Gasteiger partial charge in [0, 0.05) is 17.9 Å². The van der Waals surface area contributed by atoms with Crippen LogP contribution in [0.5, 0.6) is 6.01 Å². The molecule has 0 saturated carbocycles. The predicted octanol–water partition coefficient (Wildman–Crippen LogP) is 1.12. The summed E-state index contributed by atoms with van der Waals surface area (Å²) in [5.41, 5.74) is 7.20. The molecule has 1 aromatic carbocycles. The second-order valence-corrected chi connectivity index (χ2v) is 4.80. The van der Waals surface area contributed by atoms with Gasteiger partial charge in [-0.2, -0.15) is 0 Å². The SMILES string of the molecule is N[C@H]1Cn2cc([N+](=O)[O-])nc2O[C@@H]1Cc1ccccc1. The summed E-state index contributed by atoms with van der Waals surface area (Å²) in [5, 5.41) is 10.7. The van der Waals surface area contributed by atoms with Crippen LogP contribution in [0, 0.1) is 10.1 Å². The minimum atomic E-state index is -0.535. The van der Waals surface area contributed by atoms with E-state index in [-0.39, 0.29) is 24.0 Å². The summed E-state index contributed by atoms with van der Waals surface area (Å²) in [6.45, 7) is 0.466. The lowest BCUT2D eigenvalue weighted by atomic mass is 10.0. The highest BCUT2D eigenvalue weighted by Crippen LogP contribution is 2.25. The number of fused-ring (bicyclic) bond motifs is 1. The molecule has 1 aromatic heterocycles. The maximum absolute atomic E-state index is 10.7. The number of benzene rings is 1. The van der Waals surface area contributed by atoms with Crippen molar-refractivity contribution in [3.05, 3.63) is 52.2 Å². The second kappa shape index (κ2) is 4.93.